The normalized spacial score (nSPS) is 13.9. The molecule has 32 heavy (non-hydrogen) atoms. The number of benzene rings is 2. The zero-order chi connectivity index (χ0) is 22.8. The SMILES string of the molecule is CN(C)c1ccc(NC(=O)NCc2ccccc2)cc1C(=O)NCCCN1CCOCC1. The van der Waals surface area contributed by atoms with E-state index in [1.807, 2.05) is 55.4 Å². The average molecular weight is 440 g/mol. The predicted molar refractivity (Wildman–Crippen MR) is 127 cm³/mol. The number of nitrogens with one attached hydrogen (secondary N) is 3. The van der Waals surface area contributed by atoms with Crippen molar-refractivity contribution in [2.45, 2.75) is 13.0 Å². The zero-order valence-corrected chi connectivity index (χ0v) is 18.9. The Morgan fingerprint density at radius 1 is 1.03 bits per heavy atom. The highest BCUT2D eigenvalue weighted by atomic mass is 16.5. The number of amides is 3. The summed E-state index contributed by atoms with van der Waals surface area (Å²) >= 11 is 0. The summed E-state index contributed by atoms with van der Waals surface area (Å²) in [5.41, 5.74) is 2.91. The largest absolute Gasteiger partial charge is 0.379 e. The summed E-state index contributed by atoms with van der Waals surface area (Å²) in [4.78, 5) is 29.4. The van der Waals surface area contributed by atoms with Crippen LogP contribution in [0.15, 0.2) is 48.5 Å². The molecular formula is C24H33N5O3. The maximum Gasteiger partial charge on any atom is 0.319 e. The first-order valence-corrected chi connectivity index (χ1v) is 11.0. The molecule has 0 bridgehead atoms. The average Bonchev–Trinajstić information content (AvgIpc) is 2.81. The molecule has 0 aromatic heterocycles. The van der Waals surface area contributed by atoms with Crippen molar-refractivity contribution < 1.29 is 14.3 Å². The third kappa shape index (κ3) is 7.25. The van der Waals surface area contributed by atoms with Crippen LogP contribution < -0.4 is 20.9 Å². The Labute approximate surface area is 189 Å². The molecule has 1 fully saturated rings. The van der Waals surface area contributed by atoms with Crippen molar-refractivity contribution >= 4 is 23.3 Å². The first-order chi connectivity index (χ1) is 15.5. The second-order valence-corrected chi connectivity index (χ2v) is 7.98. The minimum Gasteiger partial charge on any atom is -0.379 e. The maximum atomic E-state index is 12.9. The molecule has 3 rings (SSSR count). The molecule has 172 valence electrons. The number of rotatable bonds is 9. The lowest BCUT2D eigenvalue weighted by molar-refractivity contribution is 0.0374. The van der Waals surface area contributed by atoms with E-state index in [1.165, 1.54) is 0 Å². The van der Waals surface area contributed by atoms with E-state index in [0.717, 1.165) is 50.5 Å². The van der Waals surface area contributed by atoms with Crippen LogP contribution in [0.25, 0.3) is 0 Å². The zero-order valence-electron chi connectivity index (χ0n) is 18.9. The fourth-order valence-corrected chi connectivity index (χ4v) is 3.56. The molecule has 0 unspecified atom stereocenters. The van der Waals surface area contributed by atoms with Gasteiger partial charge in [-0.3, -0.25) is 9.69 Å². The van der Waals surface area contributed by atoms with Gasteiger partial charge in [-0.2, -0.15) is 0 Å². The van der Waals surface area contributed by atoms with Gasteiger partial charge in [0.15, 0.2) is 0 Å². The quantitative estimate of drug-likeness (QED) is 0.523. The number of morpholine rings is 1. The highest BCUT2D eigenvalue weighted by Crippen LogP contribution is 2.23. The van der Waals surface area contributed by atoms with Crippen molar-refractivity contribution in [3.05, 3.63) is 59.7 Å². The molecule has 8 nitrogen and oxygen atoms in total. The van der Waals surface area contributed by atoms with E-state index in [9.17, 15) is 9.59 Å². The van der Waals surface area contributed by atoms with Crippen LogP contribution in [0, 0.1) is 0 Å². The molecule has 2 aromatic carbocycles. The number of carbonyl (C=O) groups excluding carboxylic acids is 2. The van der Waals surface area contributed by atoms with Crippen LogP contribution in [0.1, 0.15) is 22.3 Å². The van der Waals surface area contributed by atoms with E-state index in [0.29, 0.717) is 24.3 Å². The topological polar surface area (TPSA) is 85.9 Å². The van der Waals surface area contributed by atoms with Gasteiger partial charge in [-0.15, -0.1) is 0 Å². The fraction of sp³-hybridized carbons (Fsp3) is 0.417. The number of carbonyl (C=O) groups is 2. The van der Waals surface area contributed by atoms with Gasteiger partial charge >= 0.3 is 6.03 Å². The Morgan fingerprint density at radius 2 is 1.78 bits per heavy atom. The van der Waals surface area contributed by atoms with E-state index in [4.69, 9.17) is 4.74 Å². The summed E-state index contributed by atoms with van der Waals surface area (Å²) in [5, 5.41) is 8.66. The standard InChI is InChI=1S/C24H33N5O3/c1-28(2)22-10-9-20(27-24(31)26-18-19-7-4-3-5-8-19)17-21(22)23(30)25-11-6-12-29-13-15-32-16-14-29/h3-5,7-10,17H,6,11-16,18H2,1-2H3,(H,25,30)(H2,26,27,31). The lowest BCUT2D eigenvalue weighted by atomic mass is 10.1. The summed E-state index contributed by atoms with van der Waals surface area (Å²) in [6.45, 7) is 5.40. The summed E-state index contributed by atoms with van der Waals surface area (Å²) < 4.78 is 5.36. The first-order valence-electron chi connectivity index (χ1n) is 11.0. The lowest BCUT2D eigenvalue weighted by Crippen LogP contribution is -2.38. The van der Waals surface area contributed by atoms with Crippen molar-refractivity contribution in [2.75, 3.05) is 63.7 Å². The number of hydrogen-bond acceptors (Lipinski definition) is 5. The molecule has 1 aliphatic heterocycles. The molecule has 0 saturated carbocycles. The molecule has 3 N–H and O–H groups in total. The van der Waals surface area contributed by atoms with Gasteiger partial charge in [0.2, 0.25) is 0 Å². The minimum atomic E-state index is -0.316. The Balaban J connectivity index is 1.54. The van der Waals surface area contributed by atoms with Gasteiger partial charge in [0.1, 0.15) is 0 Å². The Morgan fingerprint density at radius 3 is 2.50 bits per heavy atom. The van der Waals surface area contributed by atoms with E-state index in [1.54, 1.807) is 12.1 Å². The second kappa shape index (κ2) is 12.1. The number of ether oxygens (including phenoxy) is 1. The van der Waals surface area contributed by atoms with Crippen molar-refractivity contribution in [3.63, 3.8) is 0 Å². The monoisotopic (exact) mass is 439 g/mol. The summed E-state index contributed by atoms with van der Waals surface area (Å²) in [5.74, 6) is -0.149. The van der Waals surface area contributed by atoms with E-state index >= 15 is 0 Å². The van der Waals surface area contributed by atoms with Gasteiger partial charge in [-0.1, -0.05) is 30.3 Å². The molecule has 0 radical (unpaired) electrons. The third-order valence-electron chi connectivity index (χ3n) is 5.32. The summed E-state index contributed by atoms with van der Waals surface area (Å²) in [6, 6.07) is 14.7. The predicted octanol–water partition coefficient (Wildman–Crippen LogP) is 2.53. The smallest absolute Gasteiger partial charge is 0.319 e. The van der Waals surface area contributed by atoms with Gasteiger partial charge in [0.25, 0.3) is 5.91 Å². The second-order valence-electron chi connectivity index (χ2n) is 7.98. The van der Waals surface area contributed by atoms with Crippen LogP contribution in [-0.2, 0) is 11.3 Å². The van der Waals surface area contributed by atoms with Gasteiger partial charge in [0.05, 0.1) is 18.8 Å². The van der Waals surface area contributed by atoms with Crippen LogP contribution in [-0.4, -0.2) is 70.3 Å². The molecule has 2 aromatic rings. The molecule has 3 amide bonds. The lowest BCUT2D eigenvalue weighted by Gasteiger charge is -2.26. The van der Waals surface area contributed by atoms with E-state index < -0.39 is 0 Å². The molecule has 1 heterocycles. The van der Waals surface area contributed by atoms with Gasteiger partial charge < -0.3 is 25.6 Å². The Bertz CT molecular complexity index is 882. The van der Waals surface area contributed by atoms with Gasteiger partial charge in [-0.25, -0.2) is 4.79 Å². The molecule has 0 spiro atoms. The van der Waals surface area contributed by atoms with Crippen LogP contribution in [0.4, 0.5) is 16.2 Å². The molecule has 0 aliphatic carbocycles. The first kappa shape index (κ1) is 23.6. The molecule has 1 saturated heterocycles. The van der Waals surface area contributed by atoms with E-state index in [2.05, 4.69) is 20.9 Å². The molecule has 1 aliphatic rings. The number of nitrogens with zero attached hydrogens (tertiary/aromatic N) is 2. The van der Waals surface area contributed by atoms with Gasteiger partial charge in [-0.05, 0) is 36.7 Å². The van der Waals surface area contributed by atoms with E-state index in [-0.39, 0.29) is 11.9 Å². The summed E-state index contributed by atoms with van der Waals surface area (Å²) in [6.07, 6.45) is 0.878. The molecular weight excluding hydrogens is 406 g/mol. The van der Waals surface area contributed by atoms with Crippen LogP contribution in [0.2, 0.25) is 0 Å². The number of anilines is 2. The third-order valence-corrected chi connectivity index (χ3v) is 5.32. The number of hydrogen-bond donors (Lipinski definition) is 3. The molecule has 8 heteroatoms. The highest BCUT2D eigenvalue weighted by Gasteiger charge is 2.15. The van der Waals surface area contributed by atoms with Crippen molar-refractivity contribution in [1.82, 2.24) is 15.5 Å². The van der Waals surface area contributed by atoms with Crippen LogP contribution in [0.5, 0.6) is 0 Å². The van der Waals surface area contributed by atoms with Crippen LogP contribution in [0.3, 0.4) is 0 Å². The van der Waals surface area contributed by atoms with Crippen molar-refractivity contribution in [1.29, 1.82) is 0 Å². The Hall–Kier alpha value is -3.10. The molecule has 0 atom stereocenters. The summed E-state index contributed by atoms with van der Waals surface area (Å²) in [7, 11) is 3.79. The van der Waals surface area contributed by atoms with Crippen LogP contribution >= 0.6 is 0 Å². The minimum absolute atomic E-state index is 0.149. The van der Waals surface area contributed by atoms with Gasteiger partial charge in [0, 0.05) is 51.6 Å². The van der Waals surface area contributed by atoms with Crippen molar-refractivity contribution in [2.24, 2.45) is 0 Å². The van der Waals surface area contributed by atoms with Crippen molar-refractivity contribution in [3.8, 4) is 0 Å². The fourth-order valence-electron chi connectivity index (χ4n) is 3.56. The highest BCUT2D eigenvalue weighted by molar-refractivity contribution is 6.01. The number of urea groups is 1. The Kier molecular flexibility index (Phi) is 8.89. The maximum absolute atomic E-state index is 12.9.